The van der Waals surface area contributed by atoms with E-state index in [-0.39, 0.29) is 5.91 Å². The van der Waals surface area contributed by atoms with E-state index in [9.17, 15) is 14.7 Å². The van der Waals surface area contributed by atoms with Gasteiger partial charge in [-0.1, -0.05) is 42.5 Å². The molecule has 2 aromatic carbocycles. The third-order valence-corrected chi connectivity index (χ3v) is 7.56. The summed E-state index contributed by atoms with van der Waals surface area (Å²) in [6.07, 6.45) is 0.0875. The lowest BCUT2D eigenvalue weighted by atomic mass is 9.93. The number of aromatic nitrogens is 1. The Labute approximate surface area is 230 Å². The summed E-state index contributed by atoms with van der Waals surface area (Å²) in [5.74, 6) is 0.138. The number of carbonyl (C=O) groups is 2. The first-order chi connectivity index (χ1) is 18.5. The predicted molar refractivity (Wildman–Crippen MR) is 152 cm³/mol. The lowest BCUT2D eigenvalue weighted by molar-refractivity contribution is -0.160. The second-order valence-electron chi connectivity index (χ2n) is 11.8. The van der Waals surface area contributed by atoms with Crippen molar-refractivity contribution >= 4 is 17.6 Å². The third-order valence-electron chi connectivity index (χ3n) is 7.56. The second-order valence-corrected chi connectivity index (χ2v) is 11.8. The smallest absolute Gasteiger partial charge is 0.337 e. The minimum atomic E-state index is -1.15. The highest BCUT2D eigenvalue weighted by atomic mass is 16.5. The third kappa shape index (κ3) is 5.83. The zero-order valence-electron chi connectivity index (χ0n) is 23.3. The molecule has 1 amide bonds. The number of carboxylic acid groups (broad SMARTS) is 1. The molecule has 2 N–H and O–H groups in total. The van der Waals surface area contributed by atoms with Crippen LogP contribution in [-0.4, -0.2) is 40.7 Å². The molecule has 2 aliphatic rings. The Kier molecular flexibility index (Phi) is 7.21. The summed E-state index contributed by atoms with van der Waals surface area (Å²) in [5, 5.41) is 13.3. The lowest BCUT2D eigenvalue weighted by Crippen LogP contribution is -2.31. The van der Waals surface area contributed by atoms with Gasteiger partial charge in [0.15, 0.2) is 6.10 Å². The average molecular weight is 528 g/mol. The van der Waals surface area contributed by atoms with Crippen LogP contribution in [-0.2, 0) is 16.1 Å². The number of amides is 1. The normalized spacial score (nSPS) is 18.9. The molecule has 1 aromatic heterocycles. The quantitative estimate of drug-likeness (QED) is 0.391. The number of piperidine rings is 1. The first-order valence-corrected chi connectivity index (χ1v) is 13.6. The van der Waals surface area contributed by atoms with Gasteiger partial charge in [-0.3, -0.25) is 9.78 Å². The van der Waals surface area contributed by atoms with Crippen molar-refractivity contribution in [2.24, 2.45) is 11.8 Å². The molecule has 1 aliphatic heterocycles. The van der Waals surface area contributed by atoms with Crippen molar-refractivity contribution in [1.82, 2.24) is 10.3 Å². The number of benzene rings is 2. The minimum absolute atomic E-state index is 0.144. The number of carboxylic acids is 1. The minimum Gasteiger partial charge on any atom is -0.479 e. The topological polar surface area (TPSA) is 91.8 Å². The van der Waals surface area contributed by atoms with Gasteiger partial charge in [-0.05, 0) is 76.1 Å². The average Bonchev–Trinajstić information content (AvgIpc) is 3.50. The van der Waals surface area contributed by atoms with Crippen LogP contribution in [0.15, 0.2) is 54.6 Å². The standard InChI is InChI=1S/C32H37N3O4/c1-19-26(22-11-13-23(14-12-22)30(36)33-16-21-9-7-6-8-10-21)28(35-17-24-15-25(24)18-35)27(20(2)34-19)29(31(37)38)39-32(3,4)5/h6-14,24-25,29H,15-18H2,1-5H3,(H,33,36)(H,37,38). The van der Waals surface area contributed by atoms with Crippen molar-refractivity contribution in [3.8, 4) is 11.1 Å². The van der Waals surface area contributed by atoms with Gasteiger partial charge < -0.3 is 20.1 Å². The van der Waals surface area contributed by atoms with Crippen molar-refractivity contribution in [2.45, 2.75) is 59.3 Å². The highest BCUT2D eigenvalue weighted by molar-refractivity contribution is 5.95. The lowest BCUT2D eigenvalue weighted by Gasteiger charge is -2.33. The summed E-state index contributed by atoms with van der Waals surface area (Å²) >= 11 is 0. The summed E-state index contributed by atoms with van der Waals surface area (Å²) < 4.78 is 6.13. The number of hydrogen-bond donors (Lipinski definition) is 2. The number of ether oxygens (including phenoxy) is 1. The molecule has 1 aliphatic carbocycles. The van der Waals surface area contributed by atoms with Gasteiger partial charge in [0.05, 0.1) is 11.3 Å². The van der Waals surface area contributed by atoms with E-state index in [1.165, 1.54) is 6.42 Å². The fourth-order valence-electron chi connectivity index (χ4n) is 5.67. The number of aliphatic carboxylic acids is 1. The molecule has 5 rings (SSSR count). The SMILES string of the molecule is Cc1nc(C)c(C(OC(C)(C)C)C(=O)O)c(N2CC3CC3C2)c1-c1ccc(C(=O)NCc2ccccc2)cc1. The first-order valence-electron chi connectivity index (χ1n) is 13.6. The fourth-order valence-corrected chi connectivity index (χ4v) is 5.67. The monoisotopic (exact) mass is 527 g/mol. The number of hydrogen-bond acceptors (Lipinski definition) is 5. The molecule has 1 saturated carbocycles. The van der Waals surface area contributed by atoms with E-state index in [0.717, 1.165) is 41.2 Å². The molecular weight excluding hydrogens is 490 g/mol. The summed E-state index contributed by atoms with van der Waals surface area (Å²) in [7, 11) is 0. The van der Waals surface area contributed by atoms with Crippen LogP contribution in [0.5, 0.6) is 0 Å². The Hall–Kier alpha value is -3.71. The number of anilines is 1. The van der Waals surface area contributed by atoms with Crippen LogP contribution in [0.4, 0.5) is 5.69 Å². The molecule has 3 aromatic rings. The molecule has 39 heavy (non-hydrogen) atoms. The molecule has 1 saturated heterocycles. The van der Waals surface area contributed by atoms with Crippen LogP contribution in [0.1, 0.15) is 66.2 Å². The van der Waals surface area contributed by atoms with Gasteiger partial charge in [-0.2, -0.15) is 0 Å². The number of pyridine rings is 1. The summed E-state index contributed by atoms with van der Waals surface area (Å²) in [5.41, 5.74) is 5.75. The summed E-state index contributed by atoms with van der Waals surface area (Å²) in [6.45, 7) is 11.7. The molecular formula is C32H37N3O4. The van der Waals surface area contributed by atoms with Crippen LogP contribution in [0.2, 0.25) is 0 Å². The maximum absolute atomic E-state index is 12.8. The zero-order valence-corrected chi connectivity index (χ0v) is 23.3. The molecule has 7 nitrogen and oxygen atoms in total. The number of carbonyl (C=O) groups excluding carboxylic acids is 1. The Balaban J connectivity index is 1.53. The molecule has 0 bridgehead atoms. The molecule has 0 spiro atoms. The van der Waals surface area contributed by atoms with Crippen LogP contribution in [0.25, 0.3) is 11.1 Å². The Bertz CT molecular complexity index is 1370. The van der Waals surface area contributed by atoms with Gasteiger partial charge >= 0.3 is 5.97 Å². The number of nitrogens with zero attached hydrogens (tertiary/aromatic N) is 2. The van der Waals surface area contributed by atoms with Crippen molar-refractivity contribution < 1.29 is 19.4 Å². The summed E-state index contributed by atoms with van der Waals surface area (Å²) in [6, 6.07) is 17.3. The van der Waals surface area contributed by atoms with E-state index in [2.05, 4.69) is 10.2 Å². The van der Waals surface area contributed by atoms with Crippen LogP contribution < -0.4 is 10.2 Å². The molecule has 3 unspecified atom stereocenters. The summed E-state index contributed by atoms with van der Waals surface area (Å²) in [4.78, 5) is 32.5. The zero-order chi connectivity index (χ0) is 27.9. The Morgan fingerprint density at radius 2 is 1.67 bits per heavy atom. The number of aryl methyl sites for hydroxylation is 2. The molecule has 2 heterocycles. The first kappa shape index (κ1) is 26.9. The maximum Gasteiger partial charge on any atom is 0.337 e. The molecule has 0 radical (unpaired) electrons. The van der Waals surface area contributed by atoms with Gasteiger partial charge in [0.25, 0.3) is 5.91 Å². The van der Waals surface area contributed by atoms with E-state index in [1.807, 2.05) is 89.2 Å². The van der Waals surface area contributed by atoms with Crippen molar-refractivity contribution in [3.05, 3.63) is 82.7 Å². The van der Waals surface area contributed by atoms with Gasteiger partial charge in [0.1, 0.15) is 0 Å². The number of nitrogens with one attached hydrogen (secondary N) is 1. The Morgan fingerprint density at radius 1 is 1.03 bits per heavy atom. The molecule has 3 atom stereocenters. The maximum atomic E-state index is 12.8. The number of fused-ring (bicyclic) bond motifs is 1. The highest BCUT2D eigenvalue weighted by Crippen LogP contribution is 2.51. The molecule has 2 fully saturated rings. The van der Waals surface area contributed by atoms with Crippen molar-refractivity contribution in [1.29, 1.82) is 0 Å². The van der Waals surface area contributed by atoms with Crippen molar-refractivity contribution in [3.63, 3.8) is 0 Å². The van der Waals surface area contributed by atoms with Crippen LogP contribution in [0.3, 0.4) is 0 Å². The second kappa shape index (κ2) is 10.5. The van der Waals surface area contributed by atoms with E-state index < -0.39 is 17.7 Å². The van der Waals surface area contributed by atoms with Crippen LogP contribution >= 0.6 is 0 Å². The van der Waals surface area contributed by atoms with E-state index in [4.69, 9.17) is 9.72 Å². The van der Waals surface area contributed by atoms with E-state index in [0.29, 0.717) is 35.2 Å². The van der Waals surface area contributed by atoms with E-state index >= 15 is 0 Å². The van der Waals surface area contributed by atoms with Gasteiger partial charge in [0.2, 0.25) is 0 Å². The van der Waals surface area contributed by atoms with Crippen LogP contribution in [0, 0.1) is 25.7 Å². The van der Waals surface area contributed by atoms with E-state index in [1.54, 1.807) is 0 Å². The molecule has 204 valence electrons. The van der Waals surface area contributed by atoms with Gasteiger partial charge in [0, 0.05) is 47.7 Å². The predicted octanol–water partition coefficient (Wildman–Crippen LogP) is 5.69. The van der Waals surface area contributed by atoms with Crippen molar-refractivity contribution in [2.75, 3.05) is 18.0 Å². The molecule has 7 heteroatoms. The van der Waals surface area contributed by atoms with Gasteiger partial charge in [-0.25, -0.2) is 4.79 Å². The Morgan fingerprint density at radius 3 is 2.26 bits per heavy atom. The highest BCUT2D eigenvalue weighted by Gasteiger charge is 2.47. The van der Waals surface area contributed by atoms with Gasteiger partial charge in [-0.15, -0.1) is 0 Å². The fraction of sp³-hybridized carbons (Fsp3) is 0.406. The number of rotatable bonds is 8. The largest absolute Gasteiger partial charge is 0.479 e.